The summed E-state index contributed by atoms with van der Waals surface area (Å²) >= 11 is 7.57. The molecule has 1 saturated heterocycles. The fraction of sp³-hybridized carbons (Fsp3) is 0.583. The average molecular weight is 286 g/mol. The van der Waals surface area contributed by atoms with Gasteiger partial charge < -0.3 is 9.31 Å². The summed E-state index contributed by atoms with van der Waals surface area (Å²) in [6.07, 6.45) is 3.62. The lowest BCUT2D eigenvalue weighted by Crippen LogP contribution is -2.41. The number of halogens is 1. The monoisotopic (exact) mass is 285 g/mol. The molecule has 0 aliphatic carbocycles. The van der Waals surface area contributed by atoms with Gasteiger partial charge in [-0.3, -0.25) is 0 Å². The van der Waals surface area contributed by atoms with E-state index in [0.717, 1.165) is 10.5 Å². The Bertz CT molecular complexity index is 451. The molecule has 0 aromatic carbocycles. The molecule has 0 saturated carbocycles. The van der Waals surface area contributed by atoms with Crippen molar-refractivity contribution in [2.75, 3.05) is 6.26 Å². The summed E-state index contributed by atoms with van der Waals surface area (Å²) in [6.45, 7) is 8.13. The lowest BCUT2D eigenvalue weighted by atomic mass is 9.80. The second-order valence-electron chi connectivity index (χ2n) is 5.34. The Labute approximate surface area is 118 Å². The lowest BCUT2D eigenvalue weighted by molar-refractivity contribution is 0.00578. The number of hydrogen-bond acceptors (Lipinski definition) is 4. The van der Waals surface area contributed by atoms with Gasteiger partial charge in [-0.1, -0.05) is 11.6 Å². The van der Waals surface area contributed by atoms with Crippen LogP contribution in [-0.2, 0) is 9.31 Å². The standard InChI is InChI=1S/C12H17BClNO2S/c1-11(2)12(3,4)17-13(16-11)9-6-8(14)7-15-10(9)18-5/h6-7H,1-5H3. The van der Waals surface area contributed by atoms with Crippen LogP contribution in [-0.4, -0.2) is 29.6 Å². The fourth-order valence-corrected chi connectivity index (χ4v) is 2.47. The van der Waals surface area contributed by atoms with Crippen molar-refractivity contribution in [2.24, 2.45) is 0 Å². The summed E-state index contributed by atoms with van der Waals surface area (Å²) in [6, 6.07) is 1.86. The van der Waals surface area contributed by atoms with Crippen LogP contribution in [0.3, 0.4) is 0 Å². The Morgan fingerprint density at radius 2 is 1.78 bits per heavy atom. The first-order valence-electron chi connectivity index (χ1n) is 5.82. The molecule has 1 fully saturated rings. The van der Waals surface area contributed by atoms with Crippen LogP contribution in [0.4, 0.5) is 0 Å². The van der Waals surface area contributed by atoms with E-state index < -0.39 is 7.12 Å². The molecule has 0 unspecified atom stereocenters. The second-order valence-corrected chi connectivity index (χ2v) is 6.57. The highest BCUT2D eigenvalue weighted by atomic mass is 35.5. The lowest BCUT2D eigenvalue weighted by Gasteiger charge is -2.32. The maximum Gasteiger partial charge on any atom is 0.497 e. The van der Waals surface area contributed by atoms with E-state index in [9.17, 15) is 0 Å². The molecule has 2 heterocycles. The molecule has 3 nitrogen and oxygen atoms in total. The van der Waals surface area contributed by atoms with Gasteiger partial charge in [0.15, 0.2) is 0 Å². The van der Waals surface area contributed by atoms with Gasteiger partial charge in [0.2, 0.25) is 0 Å². The number of aromatic nitrogens is 1. The highest BCUT2D eigenvalue weighted by molar-refractivity contribution is 7.98. The Hall–Kier alpha value is -0.225. The topological polar surface area (TPSA) is 31.4 Å². The third kappa shape index (κ3) is 2.41. The first-order valence-corrected chi connectivity index (χ1v) is 7.42. The molecular weight excluding hydrogens is 268 g/mol. The molecule has 0 N–H and O–H groups in total. The Morgan fingerprint density at radius 3 is 2.28 bits per heavy atom. The maximum atomic E-state index is 6.01. The van der Waals surface area contributed by atoms with Crippen LogP contribution in [0.2, 0.25) is 5.02 Å². The molecule has 6 heteroatoms. The van der Waals surface area contributed by atoms with Gasteiger partial charge in [-0.15, -0.1) is 11.8 Å². The predicted molar refractivity (Wildman–Crippen MR) is 76.7 cm³/mol. The molecule has 1 aliphatic rings. The summed E-state index contributed by atoms with van der Waals surface area (Å²) in [5.74, 6) is 0. The van der Waals surface area contributed by atoms with Crippen LogP contribution < -0.4 is 5.46 Å². The molecule has 0 bridgehead atoms. The zero-order chi connectivity index (χ0) is 13.6. The minimum Gasteiger partial charge on any atom is -0.399 e. The summed E-state index contributed by atoms with van der Waals surface area (Å²) < 4.78 is 12.0. The van der Waals surface area contributed by atoms with Crippen molar-refractivity contribution in [3.63, 3.8) is 0 Å². The van der Waals surface area contributed by atoms with Gasteiger partial charge in [-0.05, 0) is 40.0 Å². The Morgan fingerprint density at radius 1 is 1.22 bits per heavy atom. The van der Waals surface area contributed by atoms with Gasteiger partial charge >= 0.3 is 7.12 Å². The average Bonchev–Trinajstić information content (AvgIpc) is 2.48. The van der Waals surface area contributed by atoms with E-state index in [-0.39, 0.29) is 11.2 Å². The van der Waals surface area contributed by atoms with E-state index in [4.69, 9.17) is 20.9 Å². The van der Waals surface area contributed by atoms with Crippen molar-refractivity contribution in [3.8, 4) is 0 Å². The zero-order valence-corrected chi connectivity index (χ0v) is 12.9. The van der Waals surface area contributed by atoms with E-state index in [0.29, 0.717) is 5.02 Å². The van der Waals surface area contributed by atoms with E-state index in [1.165, 1.54) is 0 Å². The SMILES string of the molecule is CSc1ncc(Cl)cc1B1OC(C)(C)C(C)(C)O1. The minimum absolute atomic E-state index is 0.352. The van der Waals surface area contributed by atoms with E-state index >= 15 is 0 Å². The molecule has 2 rings (SSSR count). The second kappa shape index (κ2) is 4.71. The molecule has 0 spiro atoms. The van der Waals surface area contributed by atoms with Crippen molar-refractivity contribution in [2.45, 2.75) is 43.9 Å². The number of rotatable bonds is 2. The summed E-state index contributed by atoms with van der Waals surface area (Å²) in [5.41, 5.74) is 0.194. The molecular formula is C12H17BClNO2S. The number of pyridine rings is 1. The number of thioether (sulfide) groups is 1. The normalized spacial score (nSPS) is 21.3. The van der Waals surface area contributed by atoms with E-state index in [2.05, 4.69) is 4.98 Å². The van der Waals surface area contributed by atoms with Crippen molar-refractivity contribution in [1.82, 2.24) is 4.98 Å². The molecule has 0 amide bonds. The summed E-state index contributed by atoms with van der Waals surface area (Å²) in [4.78, 5) is 4.31. The first kappa shape index (κ1) is 14.2. The molecule has 0 atom stereocenters. The van der Waals surface area contributed by atoms with Gasteiger partial charge in [0.25, 0.3) is 0 Å². The van der Waals surface area contributed by atoms with Gasteiger partial charge in [0, 0.05) is 11.7 Å². The smallest absolute Gasteiger partial charge is 0.399 e. The molecule has 98 valence electrons. The van der Waals surface area contributed by atoms with Gasteiger partial charge in [0.1, 0.15) is 0 Å². The van der Waals surface area contributed by atoms with Crippen molar-refractivity contribution >= 4 is 35.9 Å². The van der Waals surface area contributed by atoms with E-state index in [1.807, 2.05) is 40.0 Å². The highest BCUT2D eigenvalue weighted by Gasteiger charge is 2.52. The quantitative estimate of drug-likeness (QED) is 0.618. The fourth-order valence-electron chi connectivity index (χ4n) is 1.75. The van der Waals surface area contributed by atoms with Crippen LogP contribution in [0.15, 0.2) is 17.3 Å². The number of nitrogens with zero attached hydrogens (tertiary/aromatic N) is 1. The van der Waals surface area contributed by atoms with Crippen LogP contribution in [0.5, 0.6) is 0 Å². The van der Waals surface area contributed by atoms with Crippen LogP contribution in [0.1, 0.15) is 27.7 Å². The molecule has 1 aromatic heterocycles. The largest absolute Gasteiger partial charge is 0.497 e. The van der Waals surface area contributed by atoms with Gasteiger partial charge in [-0.25, -0.2) is 4.98 Å². The van der Waals surface area contributed by atoms with Crippen molar-refractivity contribution < 1.29 is 9.31 Å². The van der Waals surface area contributed by atoms with Crippen LogP contribution in [0, 0.1) is 0 Å². The van der Waals surface area contributed by atoms with Crippen LogP contribution in [0.25, 0.3) is 0 Å². The van der Waals surface area contributed by atoms with E-state index in [1.54, 1.807) is 18.0 Å². The summed E-state index contributed by atoms with van der Waals surface area (Å²) in [7, 11) is -0.413. The number of hydrogen-bond donors (Lipinski definition) is 0. The highest BCUT2D eigenvalue weighted by Crippen LogP contribution is 2.37. The predicted octanol–water partition coefficient (Wildman–Crippen LogP) is 2.76. The van der Waals surface area contributed by atoms with Gasteiger partial charge in [0.05, 0.1) is 21.3 Å². The molecule has 1 aliphatic heterocycles. The Balaban J connectivity index is 2.37. The van der Waals surface area contributed by atoms with Gasteiger partial charge in [-0.2, -0.15) is 0 Å². The van der Waals surface area contributed by atoms with Crippen molar-refractivity contribution in [1.29, 1.82) is 0 Å². The third-order valence-corrected chi connectivity index (χ3v) is 4.48. The summed E-state index contributed by atoms with van der Waals surface area (Å²) in [5, 5.41) is 1.48. The first-order chi connectivity index (χ1) is 8.27. The third-order valence-electron chi connectivity index (χ3n) is 3.55. The van der Waals surface area contributed by atoms with Crippen molar-refractivity contribution in [3.05, 3.63) is 17.3 Å². The zero-order valence-electron chi connectivity index (χ0n) is 11.3. The maximum absolute atomic E-state index is 6.01. The molecule has 1 aromatic rings. The molecule has 0 radical (unpaired) electrons. The Kier molecular flexibility index (Phi) is 3.71. The van der Waals surface area contributed by atoms with Crippen LogP contribution >= 0.6 is 23.4 Å². The molecule has 18 heavy (non-hydrogen) atoms. The minimum atomic E-state index is -0.413.